The van der Waals surface area contributed by atoms with Gasteiger partial charge in [-0.05, 0) is 56.0 Å². The van der Waals surface area contributed by atoms with Crippen LogP contribution in [0.4, 0.5) is 0 Å². The second-order valence-electron chi connectivity index (χ2n) is 5.52. The van der Waals surface area contributed by atoms with E-state index in [0.29, 0.717) is 10.8 Å². The van der Waals surface area contributed by atoms with E-state index in [1.54, 1.807) is 12.1 Å². The number of rotatable bonds is 5. The molecular weight excluding hydrogens is 272 g/mol. The lowest BCUT2D eigenvalue weighted by molar-refractivity contribution is 0.427. The Hall–Kier alpha value is -0.910. The zero-order valence-electron chi connectivity index (χ0n) is 12.2. The molecule has 2 N–H and O–H groups in total. The van der Waals surface area contributed by atoms with E-state index in [4.69, 9.17) is 0 Å². The highest BCUT2D eigenvalue weighted by Crippen LogP contribution is 2.20. The quantitative estimate of drug-likeness (QED) is 0.876. The Morgan fingerprint density at radius 3 is 2.40 bits per heavy atom. The first-order valence-corrected chi connectivity index (χ1v) is 8.84. The molecule has 1 aromatic carbocycles. The molecule has 1 aliphatic rings. The number of hydrogen-bond acceptors (Lipinski definition) is 3. The first-order chi connectivity index (χ1) is 9.53. The minimum atomic E-state index is -3.39. The monoisotopic (exact) mass is 296 g/mol. The molecular formula is C15H24N2O2S. The van der Waals surface area contributed by atoms with Gasteiger partial charge in [-0.2, -0.15) is 0 Å². The second kappa shape index (κ2) is 6.70. The van der Waals surface area contributed by atoms with Crippen LogP contribution < -0.4 is 10.0 Å². The normalized spacial score (nSPS) is 18.9. The Labute approximate surface area is 122 Å². The van der Waals surface area contributed by atoms with Crippen LogP contribution in [-0.4, -0.2) is 27.5 Å². The number of benzene rings is 1. The van der Waals surface area contributed by atoms with Crippen molar-refractivity contribution >= 4 is 10.0 Å². The maximum atomic E-state index is 12.3. The molecule has 0 radical (unpaired) electrons. The van der Waals surface area contributed by atoms with Crippen LogP contribution in [0.3, 0.4) is 0 Å². The van der Waals surface area contributed by atoms with Gasteiger partial charge in [0.25, 0.3) is 0 Å². The van der Waals surface area contributed by atoms with Crippen LogP contribution in [0.2, 0.25) is 0 Å². The summed E-state index contributed by atoms with van der Waals surface area (Å²) in [6.45, 7) is 6.03. The maximum absolute atomic E-state index is 12.3. The summed E-state index contributed by atoms with van der Waals surface area (Å²) in [5, 5.41) is 3.23. The predicted octanol–water partition coefficient (Wildman–Crippen LogP) is 2.23. The van der Waals surface area contributed by atoms with Crippen molar-refractivity contribution in [2.24, 2.45) is 0 Å². The Bertz CT molecular complexity index is 519. The zero-order valence-corrected chi connectivity index (χ0v) is 13.0. The van der Waals surface area contributed by atoms with E-state index in [2.05, 4.69) is 23.9 Å². The van der Waals surface area contributed by atoms with Crippen molar-refractivity contribution in [3.8, 4) is 0 Å². The molecule has 0 aliphatic carbocycles. The lowest BCUT2D eigenvalue weighted by Gasteiger charge is -2.23. The summed E-state index contributed by atoms with van der Waals surface area (Å²) < 4.78 is 27.4. The summed E-state index contributed by atoms with van der Waals surface area (Å²) in [5.74, 6) is 0.462. The molecule has 112 valence electrons. The maximum Gasteiger partial charge on any atom is 0.240 e. The first-order valence-electron chi connectivity index (χ1n) is 7.36. The van der Waals surface area contributed by atoms with E-state index < -0.39 is 10.0 Å². The van der Waals surface area contributed by atoms with Gasteiger partial charge in [0.05, 0.1) is 4.90 Å². The van der Waals surface area contributed by atoms with Crippen molar-refractivity contribution in [2.45, 2.75) is 50.0 Å². The van der Waals surface area contributed by atoms with Crippen LogP contribution in [0.25, 0.3) is 0 Å². The smallest absolute Gasteiger partial charge is 0.240 e. The molecule has 0 aromatic heterocycles. The Morgan fingerprint density at radius 1 is 1.25 bits per heavy atom. The molecule has 0 amide bonds. The van der Waals surface area contributed by atoms with Gasteiger partial charge in [-0.25, -0.2) is 13.1 Å². The van der Waals surface area contributed by atoms with E-state index >= 15 is 0 Å². The van der Waals surface area contributed by atoms with Crippen LogP contribution in [0.15, 0.2) is 29.2 Å². The lowest BCUT2D eigenvalue weighted by atomic mass is 9.99. The third-order valence-corrected chi connectivity index (χ3v) is 5.57. The van der Waals surface area contributed by atoms with Gasteiger partial charge in [0.15, 0.2) is 0 Å². The fourth-order valence-corrected chi connectivity index (χ4v) is 3.74. The Kier molecular flexibility index (Phi) is 5.18. The number of piperidine rings is 1. The van der Waals surface area contributed by atoms with Crippen molar-refractivity contribution in [1.82, 2.24) is 10.0 Å². The highest BCUT2D eigenvalue weighted by Gasteiger charge is 2.21. The van der Waals surface area contributed by atoms with E-state index in [1.165, 1.54) is 5.56 Å². The SMILES string of the molecule is CCC(C)c1ccc(S(=O)(=O)NC2CCNCC2)cc1. The molecule has 1 fully saturated rings. The average Bonchev–Trinajstić information content (AvgIpc) is 2.47. The van der Waals surface area contributed by atoms with Gasteiger partial charge in [0.1, 0.15) is 0 Å². The standard InChI is InChI=1S/C15H24N2O2S/c1-3-12(2)13-4-6-15(7-5-13)20(18,19)17-14-8-10-16-11-9-14/h4-7,12,14,16-17H,3,8-11H2,1-2H3. The third kappa shape index (κ3) is 3.81. The topological polar surface area (TPSA) is 58.2 Å². The summed E-state index contributed by atoms with van der Waals surface area (Å²) in [7, 11) is -3.39. The summed E-state index contributed by atoms with van der Waals surface area (Å²) in [5.41, 5.74) is 1.19. The fraction of sp³-hybridized carbons (Fsp3) is 0.600. The van der Waals surface area contributed by atoms with E-state index in [9.17, 15) is 8.42 Å². The van der Waals surface area contributed by atoms with Crippen molar-refractivity contribution in [3.63, 3.8) is 0 Å². The van der Waals surface area contributed by atoms with Gasteiger partial charge in [0.2, 0.25) is 10.0 Å². The van der Waals surface area contributed by atoms with Crippen LogP contribution in [0.1, 0.15) is 44.6 Å². The second-order valence-corrected chi connectivity index (χ2v) is 7.24. The van der Waals surface area contributed by atoms with Crippen molar-refractivity contribution in [1.29, 1.82) is 0 Å². The van der Waals surface area contributed by atoms with Gasteiger partial charge in [-0.3, -0.25) is 0 Å². The average molecular weight is 296 g/mol. The molecule has 4 nitrogen and oxygen atoms in total. The van der Waals surface area contributed by atoms with Crippen molar-refractivity contribution in [3.05, 3.63) is 29.8 Å². The molecule has 2 rings (SSSR count). The highest BCUT2D eigenvalue weighted by atomic mass is 32.2. The number of hydrogen-bond donors (Lipinski definition) is 2. The molecule has 1 saturated heterocycles. The molecule has 1 unspecified atom stereocenters. The zero-order chi connectivity index (χ0) is 14.6. The molecule has 0 spiro atoms. The fourth-order valence-electron chi connectivity index (χ4n) is 2.44. The molecule has 5 heteroatoms. The first kappa shape index (κ1) is 15.5. The van der Waals surface area contributed by atoms with Crippen LogP contribution in [-0.2, 0) is 10.0 Å². The van der Waals surface area contributed by atoms with Crippen LogP contribution >= 0.6 is 0 Å². The Morgan fingerprint density at radius 2 is 1.85 bits per heavy atom. The van der Waals surface area contributed by atoms with Gasteiger partial charge < -0.3 is 5.32 Å². The molecule has 20 heavy (non-hydrogen) atoms. The molecule has 1 aromatic rings. The molecule has 1 atom stereocenters. The van der Waals surface area contributed by atoms with Gasteiger partial charge >= 0.3 is 0 Å². The highest BCUT2D eigenvalue weighted by molar-refractivity contribution is 7.89. The van der Waals surface area contributed by atoms with Crippen LogP contribution in [0, 0.1) is 0 Å². The molecule has 0 bridgehead atoms. The Balaban J connectivity index is 2.08. The minimum Gasteiger partial charge on any atom is -0.317 e. The summed E-state index contributed by atoms with van der Waals surface area (Å²) >= 11 is 0. The van der Waals surface area contributed by atoms with Crippen LogP contribution in [0.5, 0.6) is 0 Å². The van der Waals surface area contributed by atoms with Gasteiger partial charge in [0, 0.05) is 6.04 Å². The number of sulfonamides is 1. The van der Waals surface area contributed by atoms with Gasteiger partial charge in [-0.15, -0.1) is 0 Å². The molecule has 0 saturated carbocycles. The predicted molar refractivity (Wildman–Crippen MR) is 81.4 cm³/mol. The summed E-state index contributed by atoms with van der Waals surface area (Å²) in [6, 6.07) is 7.32. The largest absolute Gasteiger partial charge is 0.317 e. The number of nitrogens with one attached hydrogen (secondary N) is 2. The van der Waals surface area contributed by atoms with Crippen molar-refractivity contribution < 1.29 is 8.42 Å². The molecule has 1 aliphatic heterocycles. The summed E-state index contributed by atoms with van der Waals surface area (Å²) in [6.07, 6.45) is 2.76. The van der Waals surface area contributed by atoms with Crippen molar-refractivity contribution in [2.75, 3.05) is 13.1 Å². The van der Waals surface area contributed by atoms with E-state index in [1.807, 2.05) is 12.1 Å². The lowest BCUT2D eigenvalue weighted by Crippen LogP contribution is -2.42. The third-order valence-electron chi connectivity index (χ3n) is 4.03. The molecule has 1 heterocycles. The van der Waals surface area contributed by atoms with E-state index in [0.717, 1.165) is 32.4 Å². The summed E-state index contributed by atoms with van der Waals surface area (Å²) in [4.78, 5) is 0.364. The van der Waals surface area contributed by atoms with E-state index in [-0.39, 0.29) is 6.04 Å². The van der Waals surface area contributed by atoms with Gasteiger partial charge in [-0.1, -0.05) is 26.0 Å². The minimum absolute atomic E-state index is 0.0514.